The quantitative estimate of drug-likeness (QED) is 0.639. The molecule has 0 radical (unpaired) electrons. The van der Waals surface area contributed by atoms with Gasteiger partial charge in [0.25, 0.3) is 11.8 Å². The zero-order valence-electron chi connectivity index (χ0n) is 14.3. The summed E-state index contributed by atoms with van der Waals surface area (Å²) in [7, 11) is 0. The van der Waals surface area contributed by atoms with Gasteiger partial charge < -0.3 is 10.1 Å². The predicted octanol–water partition coefficient (Wildman–Crippen LogP) is 4.45. The second-order valence-electron chi connectivity index (χ2n) is 5.58. The Labute approximate surface area is 165 Å². The number of aromatic nitrogens is 1. The van der Waals surface area contributed by atoms with Gasteiger partial charge in [-0.2, -0.15) is 0 Å². The molecule has 1 heterocycles. The number of anilines is 2. The summed E-state index contributed by atoms with van der Waals surface area (Å²) in [4.78, 5) is 28.4. The topological polar surface area (TPSA) is 80.3 Å². The predicted molar refractivity (Wildman–Crippen MR) is 107 cm³/mol. The molecule has 0 saturated carbocycles. The number of hydrogen-bond donors (Lipinski definition) is 2. The van der Waals surface area contributed by atoms with Gasteiger partial charge in [-0.05, 0) is 49.4 Å². The lowest BCUT2D eigenvalue weighted by molar-refractivity contribution is -0.122. The maximum atomic E-state index is 12.3. The Morgan fingerprint density at radius 3 is 2.59 bits per heavy atom. The number of carbonyl (C=O) groups excluding carboxylic acids is 2. The summed E-state index contributed by atoms with van der Waals surface area (Å²) in [5.41, 5.74) is 1.03. The molecule has 3 aromatic rings. The summed E-state index contributed by atoms with van der Waals surface area (Å²) in [5.74, 6) is -0.0604. The third-order valence-corrected chi connectivity index (χ3v) is 4.47. The van der Waals surface area contributed by atoms with Crippen LogP contribution in [-0.4, -0.2) is 22.9 Å². The minimum atomic E-state index is -0.712. The molecule has 2 N–H and O–H groups in total. The van der Waals surface area contributed by atoms with Gasteiger partial charge in [0.05, 0.1) is 0 Å². The van der Waals surface area contributed by atoms with Crippen molar-refractivity contribution in [3.8, 4) is 5.75 Å². The zero-order chi connectivity index (χ0) is 19.2. The Balaban J connectivity index is 1.57. The molecule has 2 amide bonds. The summed E-state index contributed by atoms with van der Waals surface area (Å²) < 4.78 is 5.58. The van der Waals surface area contributed by atoms with Crippen molar-refractivity contribution in [2.24, 2.45) is 0 Å². The van der Waals surface area contributed by atoms with E-state index >= 15 is 0 Å². The molecule has 0 aliphatic rings. The Morgan fingerprint density at radius 1 is 1.15 bits per heavy atom. The summed E-state index contributed by atoms with van der Waals surface area (Å²) in [6, 6.07) is 13.4. The van der Waals surface area contributed by atoms with Crippen molar-refractivity contribution >= 4 is 45.6 Å². The van der Waals surface area contributed by atoms with Crippen molar-refractivity contribution in [1.29, 1.82) is 0 Å². The van der Waals surface area contributed by atoms with Crippen LogP contribution < -0.4 is 15.4 Å². The van der Waals surface area contributed by atoms with Crippen LogP contribution in [0.1, 0.15) is 17.3 Å². The molecule has 138 valence electrons. The summed E-state index contributed by atoms with van der Waals surface area (Å²) in [6.45, 7) is 1.64. The van der Waals surface area contributed by atoms with E-state index in [9.17, 15) is 9.59 Å². The molecule has 1 atom stereocenters. The molecule has 2 aromatic carbocycles. The fraction of sp³-hybridized carbons (Fsp3) is 0.105. The number of carbonyl (C=O) groups is 2. The highest BCUT2D eigenvalue weighted by molar-refractivity contribution is 7.13. The van der Waals surface area contributed by atoms with Crippen LogP contribution >= 0.6 is 22.9 Å². The maximum Gasteiger partial charge on any atom is 0.265 e. The van der Waals surface area contributed by atoms with Gasteiger partial charge in [-0.3, -0.25) is 14.9 Å². The second-order valence-corrected chi connectivity index (χ2v) is 6.91. The van der Waals surface area contributed by atoms with E-state index < -0.39 is 6.10 Å². The number of halogens is 1. The molecule has 1 aromatic heterocycles. The lowest BCUT2D eigenvalue weighted by Gasteiger charge is -2.15. The van der Waals surface area contributed by atoms with Crippen molar-refractivity contribution in [3.05, 3.63) is 70.7 Å². The van der Waals surface area contributed by atoms with Crippen molar-refractivity contribution in [1.82, 2.24) is 4.98 Å². The van der Waals surface area contributed by atoms with E-state index in [1.165, 1.54) is 11.3 Å². The van der Waals surface area contributed by atoms with E-state index in [0.29, 0.717) is 27.2 Å². The van der Waals surface area contributed by atoms with E-state index in [0.717, 1.165) is 0 Å². The van der Waals surface area contributed by atoms with Crippen LogP contribution in [0.3, 0.4) is 0 Å². The first-order valence-corrected chi connectivity index (χ1v) is 9.31. The van der Waals surface area contributed by atoms with Gasteiger partial charge in [0.2, 0.25) is 0 Å². The molecule has 0 spiro atoms. The number of rotatable bonds is 6. The first kappa shape index (κ1) is 18.9. The van der Waals surface area contributed by atoms with E-state index in [4.69, 9.17) is 16.3 Å². The van der Waals surface area contributed by atoms with Crippen LogP contribution in [0.4, 0.5) is 10.8 Å². The average molecular weight is 402 g/mol. The monoisotopic (exact) mass is 401 g/mol. The number of nitrogens with zero attached hydrogens (tertiary/aromatic N) is 1. The molecule has 1 unspecified atom stereocenters. The smallest absolute Gasteiger partial charge is 0.265 e. The fourth-order valence-electron chi connectivity index (χ4n) is 2.20. The van der Waals surface area contributed by atoms with Gasteiger partial charge >= 0.3 is 0 Å². The number of thiazole rings is 1. The first-order chi connectivity index (χ1) is 13.0. The normalized spacial score (nSPS) is 11.5. The van der Waals surface area contributed by atoms with Crippen molar-refractivity contribution in [2.75, 3.05) is 10.6 Å². The SMILES string of the molecule is CC(Oc1cccc(Cl)c1)C(=O)Nc1ccc(C(=O)Nc2nccs2)cc1. The van der Waals surface area contributed by atoms with Gasteiger partial charge in [-0.1, -0.05) is 17.7 Å². The van der Waals surface area contributed by atoms with Crippen LogP contribution in [0.5, 0.6) is 5.75 Å². The number of benzene rings is 2. The fourth-order valence-corrected chi connectivity index (χ4v) is 2.91. The molecule has 0 saturated heterocycles. The minimum absolute atomic E-state index is 0.263. The summed E-state index contributed by atoms with van der Waals surface area (Å²) in [5, 5.41) is 8.29. The number of hydrogen-bond acceptors (Lipinski definition) is 5. The standard InChI is InChI=1S/C19H16ClN3O3S/c1-12(26-16-4-2-3-14(20)11-16)17(24)22-15-7-5-13(6-8-15)18(25)23-19-21-9-10-27-19/h2-12H,1H3,(H,22,24)(H,21,23,25). The molecule has 0 bridgehead atoms. The van der Waals surface area contributed by atoms with Crippen LogP contribution in [0.15, 0.2) is 60.1 Å². The van der Waals surface area contributed by atoms with Gasteiger partial charge in [-0.25, -0.2) is 4.98 Å². The molecule has 3 rings (SSSR count). The average Bonchev–Trinajstić information content (AvgIpc) is 3.15. The molecule has 27 heavy (non-hydrogen) atoms. The van der Waals surface area contributed by atoms with Crippen LogP contribution in [0, 0.1) is 0 Å². The second kappa shape index (κ2) is 8.66. The van der Waals surface area contributed by atoms with E-state index in [-0.39, 0.29) is 11.8 Å². The van der Waals surface area contributed by atoms with E-state index in [2.05, 4.69) is 15.6 Å². The van der Waals surface area contributed by atoms with Gasteiger partial charge in [0.15, 0.2) is 11.2 Å². The van der Waals surface area contributed by atoms with Crippen molar-refractivity contribution < 1.29 is 14.3 Å². The third-order valence-electron chi connectivity index (χ3n) is 3.55. The summed E-state index contributed by atoms with van der Waals surface area (Å²) >= 11 is 7.25. The molecule has 0 aliphatic carbocycles. The van der Waals surface area contributed by atoms with Gasteiger partial charge in [0.1, 0.15) is 5.75 Å². The highest BCUT2D eigenvalue weighted by Crippen LogP contribution is 2.19. The zero-order valence-corrected chi connectivity index (χ0v) is 15.9. The molecule has 6 nitrogen and oxygen atoms in total. The molecule has 8 heteroatoms. The highest BCUT2D eigenvalue weighted by atomic mass is 35.5. The number of nitrogens with one attached hydrogen (secondary N) is 2. The number of ether oxygens (including phenoxy) is 1. The van der Waals surface area contributed by atoms with Gasteiger partial charge in [-0.15, -0.1) is 11.3 Å². The van der Waals surface area contributed by atoms with Crippen molar-refractivity contribution in [2.45, 2.75) is 13.0 Å². The molecule has 0 aliphatic heterocycles. The largest absolute Gasteiger partial charge is 0.481 e. The summed E-state index contributed by atoms with van der Waals surface area (Å²) in [6.07, 6.45) is 0.905. The Hall–Kier alpha value is -2.90. The number of amides is 2. The minimum Gasteiger partial charge on any atom is -0.481 e. The Bertz CT molecular complexity index is 930. The van der Waals surface area contributed by atoms with Gasteiger partial charge in [0, 0.05) is 27.9 Å². The lowest BCUT2D eigenvalue weighted by Crippen LogP contribution is -2.30. The first-order valence-electron chi connectivity index (χ1n) is 8.05. The highest BCUT2D eigenvalue weighted by Gasteiger charge is 2.15. The van der Waals surface area contributed by atoms with Crippen LogP contribution in [0.2, 0.25) is 5.02 Å². The molecule has 0 fully saturated rings. The Kier molecular flexibility index (Phi) is 6.05. The van der Waals surface area contributed by atoms with E-state index in [1.807, 2.05) is 0 Å². The lowest BCUT2D eigenvalue weighted by atomic mass is 10.2. The van der Waals surface area contributed by atoms with Crippen molar-refractivity contribution in [3.63, 3.8) is 0 Å². The van der Waals surface area contributed by atoms with Crippen LogP contribution in [0.25, 0.3) is 0 Å². The maximum absolute atomic E-state index is 12.3. The Morgan fingerprint density at radius 2 is 1.93 bits per heavy atom. The molecular weight excluding hydrogens is 386 g/mol. The van der Waals surface area contributed by atoms with E-state index in [1.54, 1.807) is 67.0 Å². The molecular formula is C19H16ClN3O3S. The third kappa shape index (κ3) is 5.29. The van der Waals surface area contributed by atoms with Crippen LogP contribution in [-0.2, 0) is 4.79 Å².